The molecule has 0 bridgehead atoms. The average molecular weight is 346 g/mol. The summed E-state index contributed by atoms with van der Waals surface area (Å²) in [4.78, 5) is 20.2. The van der Waals surface area contributed by atoms with Gasteiger partial charge in [0.15, 0.2) is 5.82 Å². The predicted molar refractivity (Wildman–Crippen MR) is 90.4 cm³/mol. The van der Waals surface area contributed by atoms with Gasteiger partial charge in [-0.2, -0.15) is 0 Å². The number of halogens is 1. The van der Waals surface area contributed by atoms with Gasteiger partial charge in [0.1, 0.15) is 5.82 Å². The zero-order valence-electron chi connectivity index (χ0n) is 11.9. The molecule has 3 aromatic rings. The number of benzene rings is 1. The van der Waals surface area contributed by atoms with Crippen LogP contribution in [0.25, 0.3) is 11.4 Å². The number of hydrogen-bond acceptors (Lipinski definition) is 5. The number of H-pyrrole nitrogens is 1. The van der Waals surface area contributed by atoms with Crippen molar-refractivity contribution in [2.45, 2.75) is 5.16 Å². The Bertz CT molecular complexity index is 791. The monoisotopic (exact) mass is 345 g/mol. The Balaban J connectivity index is 1.57. The van der Waals surface area contributed by atoms with Gasteiger partial charge in [-0.3, -0.25) is 9.89 Å². The topological polar surface area (TPSA) is 83.6 Å². The minimum Gasteiger partial charge on any atom is -0.310 e. The van der Waals surface area contributed by atoms with E-state index in [4.69, 9.17) is 11.6 Å². The summed E-state index contributed by atoms with van der Waals surface area (Å²) in [7, 11) is 0. The first-order chi connectivity index (χ1) is 11.2. The van der Waals surface area contributed by atoms with Crippen LogP contribution in [-0.2, 0) is 4.79 Å². The minimum atomic E-state index is -0.161. The lowest BCUT2D eigenvalue weighted by molar-refractivity contribution is -0.113. The number of aromatic nitrogens is 4. The van der Waals surface area contributed by atoms with Gasteiger partial charge in [0, 0.05) is 16.8 Å². The van der Waals surface area contributed by atoms with Crippen molar-refractivity contribution in [1.29, 1.82) is 0 Å². The van der Waals surface area contributed by atoms with E-state index >= 15 is 0 Å². The Morgan fingerprint density at radius 2 is 2.04 bits per heavy atom. The van der Waals surface area contributed by atoms with Crippen LogP contribution in [-0.4, -0.2) is 31.8 Å². The van der Waals surface area contributed by atoms with Crippen LogP contribution in [0.1, 0.15) is 0 Å². The molecule has 0 unspecified atom stereocenters. The third kappa shape index (κ3) is 4.30. The van der Waals surface area contributed by atoms with Crippen LogP contribution < -0.4 is 5.32 Å². The summed E-state index contributed by atoms with van der Waals surface area (Å²) in [6, 6.07) is 12.6. The molecule has 1 aromatic carbocycles. The second-order valence-electron chi connectivity index (χ2n) is 4.53. The van der Waals surface area contributed by atoms with E-state index in [0.717, 1.165) is 5.56 Å². The van der Waals surface area contributed by atoms with Gasteiger partial charge in [-0.05, 0) is 36.4 Å². The van der Waals surface area contributed by atoms with E-state index in [0.29, 0.717) is 21.8 Å². The molecule has 0 fully saturated rings. The molecule has 0 spiro atoms. The van der Waals surface area contributed by atoms with Crippen LogP contribution in [0.2, 0.25) is 5.02 Å². The zero-order chi connectivity index (χ0) is 16.1. The number of hydrogen-bond donors (Lipinski definition) is 2. The molecule has 2 N–H and O–H groups in total. The van der Waals surface area contributed by atoms with Gasteiger partial charge in [0.25, 0.3) is 0 Å². The number of thioether (sulfide) groups is 1. The van der Waals surface area contributed by atoms with Crippen LogP contribution in [0, 0.1) is 0 Å². The van der Waals surface area contributed by atoms with E-state index in [9.17, 15) is 4.79 Å². The maximum absolute atomic E-state index is 11.8. The maximum atomic E-state index is 11.8. The fraction of sp³-hybridized carbons (Fsp3) is 0.0667. The summed E-state index contributed by atoms with van der Waals surface area (Å²) < 4.78 is 0. The number of anilines is 1. The Kier molecular flexibility index (Phi) is 4.89. The Labute approximate surface area is 141 Å². The molecule has 0 saturated heterocycles. The first kappa shape index (κ1) is 15.5. The van der Waals surface area contributed by atoms with Crippen molar-refractivity contribution < 1.29 is 4.79 Å². The highest BCUT2D eigenvalue weighted by Crippen LogP contribution is 2.21. The number of pyridine rings is 1. The number of carbonyl (C=O) groups is 1. The summed E-state index contributed by atoms with van der Waals surface area (Å²) in [5.41, 5.74) is 0.881. The van der Waals surface area contributed by atoms with Gasteiger partial charge in [-0.15, -0.1) is 5.10 Å². The fourth-order valence-corrected chi connectivity index (χ4v) is 2.52. The molecule has 0 atom stereocenters. The molecule has 0 aliphatic carbocycles. The molecule has 8 heteroatoms. The number of nitrogens with one attached hydrogen (secondary N) is 2. The average Bonchev–Trinajstić information content (AvgIpc) is 3.04. The first-order valence-electron chi connectivity index (χ1n) is 6.73. The van der Waals surface area contributed by atoms with Gasteiger partial charge in [-0.25, -0.2) is 9.97 Å². The molecule has 0 radical (unpaired) electrons. The molecule has 3 rings (SSSR count). The van der Waals surface area contributed by atoms with Crippen molar-refractivity contribution in [2.24, 2.45) is 0 Å². The Hall–Kier alpha value is -2.38. The smallest absolute Gasteiger partial charge is 0.236 e. The van der Waals surface area contributed by atoms with E-state index in [1.807, 2.05) is 18.2 Å². The molecule has 0 aliphatic heterocycles. The first-order valence-corrected chi connectivity index (χ1v) is 8.09. The van der Waals surface area contributed by atoms with E-state index < -0.39 is 0 Å². The van der Waals surface area contributed by atoms with Gasteiger partial charge in [-0.1, -0.05) is 29.4 Å². The summed E-state index contributed by atoms with van der Waals surface area (Å²) >= 11 is 7.10. The predicted octanol–water partition coefficient (Wildman–Crippen LogP) is 3.25. The highest BCUT2D eigenvalue weighted by Gasteiger charge is 2.09. The van der Waals surface area contributed by atoms with Crippen LogP contribution in [0.15, 0.2) is 53.8 Å². The second-order valence-corrected chi connectivity index (χ2v) is 5.90. The molecule has 0 aliphatic rings. The zero-order valence-corrected chi connectivity index (χ0v) is 13.4. The summed E-state index contributed by atoms with van der Waals surface area (Å²) in [5, 5.41) is 10.8. The van der Waals surface area contributed by atoms with Gasteiger partial charge in [0.2, 0.25) is 11.1 Å². The highest BCUT2D eigenvalue weighted by atomic mass is 35.5. The molecule has 0 saturated carbocycles. The van der Waals surface area contributed by atoms with E-state index in [1.54, 1.807) is 30.5 Å². The minimum absolute atomic E-state index is 0.161. The van der Waals surface area contributed by atoms with Gasteiger partial charge < -0.3 is 5.32 Å². The number of rotatable bonds is 5. The number of carbonyl (C=O) groups excluding carboxylic acids is 1. The summed E-state index contributed by atoms with van der Waals surface area (Å²) in [6.07, 6.45) is 1.62. The normalized spacial score (nSPS) is 10.5. The van der Waals surface area contributed by atoms with Crippen LogP contribution >= 0.6 is 23.4 Å². The molecular weight excluding hydrogens is 334 g/mol. The molecule has 116 valence electrons. The molecule has 6 nitrogen and oxygen atoms in total. The van der Waals surface area contributed by atoms with Crippen molar-refractivity contribution >= 4 is 35.1 Å². The number of nitrogens with zero attached hydrogens (tertiary/aromatic N) is 3. The largest absolute Gasteiger partial charge is 0.310 e. The molecular formula is C15H12ClN5OS. The van der Waals surface area contributed by atoms with E-state index in [2.05, 4.69) is 25.5 Å². The standard InChI is InChI=1S/C15H12ClN5OS/c16-11-6-4-10(5-7-11)14-19-15(21-20-14)23-9-13(22)18-12-3-1-2-8-17-12/h1-8H,9H2,(H,17,18,22)(H,19,20,21). The summed E-state index contributed by atoms with van der Waals surface area (Å²) in [5.74, 6) is 1.20. The van der Waals surface area contributed by atoms with Gasteiger partial charge >= 0.3 is 0 Å². The maximum Gasteiger partial charge on any atom is 0.236 e. The fourth-order valence-electron chi connectivity index (χ4n) is 1.79. The Morgan fingerprint density at radius 1 is 1.22 bits per heavy atom. The molecule has 1 amide bonds. The van der Waals surface area contributed by atoms with Gasteiger partial charge in [0.05, 0.1) is 5.75 Å². The van der Waals surface area contributed by atoms with Crippen molar-refractivity contribution in [1.82, 2.24) is 20.2 Å². The van der Waals surface area contributed by atoms with Crippen LogP contribution in [0.3, 0.4) is 0 Å². The van der Waals surface area contributed by atoms with Crippen molar-refractivity contribution in [3.63, 3.8) is 0 Å². The lowest BCUT2D eigenvalue weighted by Gasteiger charge is -2.01. The van der Waals surface area contributed by atoms with Crippen molar-refractivity contribution in [2.75, 3.05) is 11.1 Å². The summed E-state index contributed by atoms with van der Waals surface area (Å²) in [6.45, 7) is 0. The SMILES string of the molecule is O=C(CSc1n[nH]c(-c2ccc(Cl)cc2)n1)Nc1ccccn1. The quantitative estimate of drug-likeness (QED) is 0.693. The molecule has 2 aromatic heterocycles. The number of amides is 1. The van der Waals surface area contributed by atoms with Crippen molar-refractivity contribution in [3.8, 4) is 11.4 Å². The lowest BCUT2D eigenvalue weighted by Crippen LogP contribution is -2.14. The second kappa shape index (κ2) is 7.26. The van der Waals surface area contributed by atoms with Crippen LogP contribution in [0.5, 0.6) is 0 Å². The Morgan fingerprint density at radius 3 is 2.78 bits per heavy atom. The van der Waals surface area contributed by atoms with Crippen molar-refractivity contribution in [3.05, 3.63) is 53.7 Å². The highest BCUT2D eigenvalue weighted by molar-refractivity contribution is 7.99. The lowest BCUT2D eigenvalue weighted by atomic mass is 10.2. The van der Waals surface area contributed by atoms with E-state index in [-0.39, 0.29) is 11.7 Å². The van der Waals surface area contributed by atoms with E-state index in [1.165, 1.54) is 11.8 Å². The third-order valence-corrected chi connectivity index (χ3v) is 3.95. The van der Waals surface area contributed by atoms with Crippen LogP contribution in [0.4, 0.5) is 5.82 Å². The number of aromatic amines is 1. The third-order valence-electron chi connectivity index (χ3n) is 2.85. The molecule has 23 heavy (non-hydrogen) atoms. The molecule has 2 heterocycles.